The van der Waals surface area contributed by atoms with Crippen LogP contribution in [0.15, 0.2) is 0 Å². The van der Waals surface area contributed by atoms with E-state index in [9.17, 15) is 0 Å². The summed E-state index contributed by atoms with van der Waals surface area (Å²) >= 11 is 0. The lowest BCUT2D eigenvalue weighted by Crippen LogP contribution is -2.28. The van der Waals surface area contributed by atoms with Gasteiger partial charge in [0, 0.05) is 0 Å². The van der Waals surface area contributed by atoms with Gasteiger partial charge in [-0.1, -0.05) is 69.2 Å². The third-order valence-electron chi connectivity index (χ3n) is 3.66. The van der Waals surface area contributed by atoms with Crippen molar-refractivity contribution in [2.24, 2.45) is 10.8 Å². The summed E-state index contributed by atoms with van der Waals surface area (Å²) < 4.78 is 0. The Morgan fingerprint density at radius 1 is 0.750 bits per heavy atom. The van der Waals surface area contributed by atoms with Crippen molar-refractivity contribution in [3.63, 3.8) is 0 Å². The number of hydrogen-bond acceptors (Lipinski definition) is 0. The predicted molar refractivity (Wildman–Crippen MR) is 80.1 cm³/mol. The van der Waals surface area contributed by atoms with Gasteiger partial charge in [0.1, 0.15) is 0 Å². The molecule has 0 amide bonds. The van der Waals surface area contributed by atoms with Gasteiger partial charge in [0.15, 0.2) is 0 Å². The van der Waals surface area contributed by atoms with Crippen LogP contribution in [0.4, 0.5) is 0 Å². The molecule has 0 heteroatoms. The fourth-order valence-corrected chi connectivity index (χ4v) is 1.88. The molecule has 1 saturated carbocycles. The summed E-state index contributed by atoms with van der Waals surface area (Å²) in [6.07, 6.45) is 7.10. The second kappa shape index (κ2) is 10.2. The summed E-state index contributed by atoms with van der Waals surface area (Å²) in [7, 11) is 0. The van der Waals surface area contributed by atoms with E-state index in [1.165, 1.54) is 32.1 Å². The summed E-state index contributed by atoms with van der Waals surface area (Å²) in [6, 6.07) is 0. The van der Waals surface area contributed by atoms with Crippen LogP contribution in [0.1, 0.15) is 94.9 Å². The average Bonchev–Trinajstić information content (AvgIpc) is 2.29. The SMILES string of the molecule is C.CC.CC.CCC1(C)CCC(C)(C)CC1. The smallest absolute Gasteiger partial charge is 0.0328 e. The summed E-state index contributed by atoms with van der Waals surface area (Å²) in [5, 5.41) is 0. The van der Waals surface area contributed by atoms with E-state index in [-0.39, 0.29) is 7.43 Å². The molecule has 0 aromatic carbocycles. The van der Waals surface area contributed by atoms with Gasteiger partial charge in [-0.3, -0.25) is 0 Å². The zero-order valence-corrected chi connectivity index (χ0v) is 12.5. The highest BCUT2D eigenvalue weighted by molar-refractivity contribution is 4.84. The largest absolute Gasteiger partial charge is 0.0776 e. The molecule has 0 radical (unpaired) electrons. The normalized spacial score (nSPS) is 20.2. The number of hydrogen-bond donors (Lipinski definition) is 0. The highest BCUT2D eigenvalue weighted by atomic mass is 14.4. The highest BCUT2D eigenvalue weighted by Crippen LogP contribution is 2.46. The van der Waals surface area contributed by atoms with Gasteiger partial charge in [0.2, 0.25) is 0 Å². The van der Waals surface area contributed by atoms with Crippen LogP contribution in [-0.4, -0.2) is 0 Å². The Bertz CT molecular complexity index is 123. The first-order valence-electron chi connectivity index (χ1n) is 6.97. The molecule has 0 N–H and O–H groups in total. The standard InChI is InChI=1S/C11H22.2C2H6.CH4/c1-5-11(4)8-6-10(2,3)7-9-11;2*1-2;/h5-9H2,1-4H3;2*1-2H3;1H4. The van der Waals surface area contributed by atoms with Gasteiger partial charge in [0.05, 0.1) is 0 Å². The lowest BCUT2D eigenvalue weighted by Gasteiger charge is -2.41. The minimum Gasteiger partial charge on any atom is -0.0776 e. The summed E-state index contributed by atoms with van der Waals surface area (Å²) in [5.74, 6) is 0. The van der Waals surface area contributed by atoms with Crippen molar-refractivity contribution >= 4 is 0 Å². The molecule has 0 saturated heterocycles. The molecule has 1 aliphatic rings. The van der Waals surface area contributed by atoms with Crippen LogP contribution in [0, 0.1) is 10.8 Å². The van der Waals surface area contributed by atoms with Crippen LogP contribution < -0.4 is 0 Å². The van der Waals surface area contributed by atoms with Gasteiger partial charge in [-0.15, -0.1) is 0 Å². The fraction of sp³-hybridized carbons (Fsp3) is 1.00. The Hall–Kier alpha value is 0. The lowest BCUT2D eigenvalue weighted by atomic mass is 9.65. The van der Waals surface area contributed by atoms with Gasteiger partial charge in [0.25, 0.3) is 0 Å². The molecule has 1 aliphatic carbocycles. The van der Waals surface area contributed by atoms with Crippen LogP contribution in [0.5, 0.6) is 0 Å². The molecule has 1 rings (SSSR count). The Kier molecular flexibility index (Phi) is 13.5. The Labute approximate surface area is 106 Å². The van der Waals surface area contributed by atoms with Gasteiger partial charge in [-0.2, -0.15) is 0 Å². The summed E-state index contributed by atoms with van der Waals surface area (Å²) in [5.41, 5.74) is 1.31. The van der Waals surface area contributed by atoms with Crippen molar-refractivity contribution in [1.82, 2.24) is 0 Å². The van der Waals surface area contributed by atoms with E-state index in [1.807, 2.05) is 27.7 Å². The molecule has 0 bridgehead atoms. The lowest BCUT2D eigenvalue weighted by molar-refractivity contribution is 0.113. The second-order valence-corrected chi connectivity index (χ2v) is 5.33. The fourth-order valence-electron chi connectivity index (χ4n) is 1.88. The van der Waals surface area contributed by atoms with E-state index >= 15 is 0 Å². The molecule has 0 unspecified atom stereocenters. The molecule has 1 fully saturated rings. The quantitative estimate of drug-likeness (QED) is 0.470. The van der Waals surface area contributed by atoms with Crippen molar-refractivity contribution in [3.05, 3.63) is 0 Å². The molecule has 0 nitrogen and oxygen atoms in total. The molecule has 0 heterocycles. The molecule has 0 spiro atoms. The van der Waals surface area contributed by atoms with Crippen molar-refractivity contribution < 1.29 is 0 Å². The zero-order valence-electron chi connectivity index (χ0n) is 12.5. The van der Waals surface area contributed by atoms with E-state index in [0.717, 1.165) is 0 Å². The van der Waals surface area contributed by atoms with Crippen LogP contribution in [-0.2, 0) is 0 Å². The van der Waals surface area contributed by atoms with E-state index in [1.54, 1.807) is 0 Å². The van der Waals surface area contributed by atoms with Crippen LogP contribution in [0.3, 0.4) is 0 Å². The van der Waals surface area contributed by atoms with Crippen molar-refractivity contribution in [3.8, 4) is 0 Å². The Morgan fingerprint density at radius 2 is 1.06 bits per heavy atom. The molecule has 102 valence electrons. The first kappa shape index (κ1) is 21.3. The van der Waals surface area contributed by atoms with Crippen molar-refractivity contribution in [1.29, 1.82) is 0 Å². The van der Waals surface area contributed by atoms with Gasteiger partial charge in [-0.05, 0) is 36.5 Å². The third kappa shape index (κ3) is 8.19. The third-order valence-corrected chi connectivity index (χ3v) is 3.66. The van der Waals surface area contributed by atoms with E-state index in [0.29, 0.717) is 10.8 Å². The van der Waals surface area contributed by atoms with Crippen LogP contribution >= 0.6 is 0 Å². The van der Waals surface area contributed by atoms with Gasteiger partial charge >= 0.3 is 0 Å². The maximum absolute atomic E-state index is 2.45. The summed E-state index contributed by atoms with van der Waals surface area (Å²) in [6.45, 7) is 17.6. The predicted octanol–water partition coefficient (Wildman–Crippen LogP) is 6.69. The van der Waals surface area contributed by atoms with Gasteiger partial charge in [-0.25, -0.2) is 0 Å². The second-order valence-electron chi connectivity index (χ2n) is 5.33. The molecule has 0 atom stereocenters. The zero-order chi connectivity index (χ0) is 12.5. The van der Waals surface area contributed by atoms with E-state index < -0.39 is 0 Å². The Balaban J connectivity index is -0.000000305. The van der Waals surface area contributed by atoms with Crippen LogP contribution in [0.25, 0.3) is 0 Å². The first-order valence-corrected chi connectivity index (χ1v) is 6.97. The minimum atomic E-state index is 0. The molecular weight excluding hydrogens is 192 g/mol. The molecule has 0 aromatic rings. The van der Waals surface area contributed by atoms with Crippen molar-refractivity contribution in [2.75, 3.05) is 0 Å². The minimum absolute atomic E-state index is 0. The van der Waals surface area contributed by atoms with E-state index in [4.69, 9.17) is 0 Å². The van der Waals surface area contributed by atoms with Crippen molar-refractivity contribution in [2.45, 2.75) is 94.9 Å². The average molecular weight is 230 g/mol. The maximum atomic E-state index is 2.45. The van der Waals surface area contributed by atoms with Gasteiger partial charge < -0.3 is 0 Å². The molecular formula is C16H38. The summed E-state index contributed by atoms with van der Waals surface area (Å²) in [4.78, 5) is 0. The molecule has 0 aromatic heterocycles. The molecule has 0 aliphatic heterocycles. The van der Waals surface area contributed by atoms with Crippen LogP contribution in [0.2, 0.25) is 0 Å². The Morgan fingerprint density at radius 3 is 1.31 bits per heavy atom. The topological polar surface area (TPSA) is 0 Å². The monoisotopic (exact) mass is 230 g/mol. The highest BCUT2D eigenvalue weighted by Gasteiger charge is 2.33. The molecule has 16 heavy (non-hydrogen) atoms. The van der Waals surface area contributed by atoms with E-state index in [2.05, 4.69) is 27.7 Å². The first-order chi connectivity index (χ1) is 6.97. The maximum Gasteiger partial charge on any atom is -0.0328 e. The number of rotatable bonds is 1.